The average Bonchev–Trinajstić information content (AvgIpc) is 2.38. The number of carbonyl (C=O) groups is 2. The number of primary amides is 1. The van der Waals surface area contributed by atoms with Gasteiger partial charge in [-0.15, -0.1) is 0 Å². The molecule has 0 radical (unpaired) electrons. The Hall–Kier alpha value is -1.75. The highest BCUT2D eigenvalue weighted by Crippen LogP contribution is 2.19. The molecule has 1 amide bonds. The van der Waals surface area contributed by atoms with Crippen molar-refractivity contribution in [2.75, 3.05) is 12.9 Å². The second kappa shape index (κ2) is 7.63. The van der Waals surface area contributed by atoms with E-state index >= 15 is 0 Å². The lowest BCUT2D eigenvalue weighted by Crippen LogP contribution is -2.12. The minimum absolute atomic E-state index is 0.107. The maximum absolute atomic E-state index is 11.4. The fourth-order valence-corrected chi connectivity index (χ4v) is 2.04. The molecule has 0 unspecified atom stereocenters. The van der Waals surface area contributed by atoms with Crippen LogP contribution in [0.5, 0.6) is 5.75 Å². The zero-order valence-electron chi connectivity index (χ0n) is 11.0. The second-order valence-electron chi connectivity index (χ2n) is 3.85. The summed E-state index contributed by atoms with van der Waals surface area (Å²) in [4.78, 5) is 22.1. The Labute approximate surface area is 117 Å². The number of hydrogen-bond acceptors (Lipinski definition) is 4. The van der Waals surface area contributed by atoms with Crippen molar-refractivity contribution < 1.29 is 14.3 Å². The van der Waals surface area contributed by atoms with Gasteiger partial charge in [0.05, 0.1) is 7.11 Å². The van der Waals surface area contributed by atoms with Gasteiger partial charge in [0, 0.05) is 18.2 Å². The molecule has 0 bridgehead atoms. The van der Waals surface area contributed by atoms with Crippen molar-refractivity contribution in [3.63, 3.8) is 0 Å². The molecular formula is C14H17NO3S. The maximum atomic E-state index is 11.4. The predicted molar refractivity (Wildman–Crippen MR) is 78.3 cm³/mol. The van der Waals surface area contributed by atoms with E-state index in [1.54, 1.807) is 25.1 Å². The molecule has 102 valence electrons. The summed E-state index contributed by atoms with van der Waals surface area (Å²) >= 11 is 1.28. The number of hydrogen-bond donors (Lipinski definition) is 1. The van der Waals surface area contributed by atoms with Gasteiger partial charge in [0.15, 0.2) is 5.12 Å². The Kier molecular flexibility index (Phi) is 6.15. The van der Waals surface area contributed by atoms with E-state index in [0.29, 0.717) is 11.3 Å². The van der Waals surface area contributed by atoms with Gasteiger partial charge in [-0.2, -0.15) is 0 Å². The van der Waals surface area contributed by atoms with Gasteiger partial charge in [0.25, 0.3) is 0 Å². The molecule has 5 heteroatoms. The van der Waals surface area contributed by atoms with Gasteiger partial charge in [-0.25, -0.2) is 0 Å². The molecule has 0 aliphatic rings. The summed E-state index contributed by atoms with van der Waals surface area (Å²) in [6.45, 7) is 1.54. The Morgan fingerprint density at radius 3 is 2.74 bits per heavy atom. The van der Waals surface area contributed by atoms with Crippen LogP contribution in [-0.2, 0) is 4.79 Å². The van der Waals surface area contributed by atoms with Crippen LogP contribution >= 0.6 is 11.8 Å². The van der Waals surface area contributed by atoms with Crippen molar-refractivity contribution in [1.29, 1.82) is 0 Å². The molecule has 0 fully saturated rings. The van der Waals surface area contributed by atoms with E-state index in [2.05, 4.69) is 0 Å². The van der Waals surface area contributed by atoms with Crippen molar-refractivity contribution in [3.8, 4) is 5.75 Å². The van der Waals surface area contributed by atoms with Crippen molar-refractivity contribution in [1.82, 2.24) is 0 Å². The zero-order valence-corrected chi connectivity index (χ0v) is 11.8. The summed E-state index contributed by atoms with van der Waals surface area (Å²) in [6, 6.07) is 5.18. The molecule has 2 N–H and O–H groups in total. The van der Waals surface area contributed by atoms with Crippen molar-refractivity contribution in [2.24, 2.45) is 5.73 Å². The van der Waals surface area contributed by atoms with Gasteiger partial charge in [-0.3, -0.25) is 9.59 Å². The molecule has 1 aromatic rings. The molecule has 0 saturated carbocycles. The molecule has 0 aromatic heterocycles. The smallest absolute Gasteiger partial charge is 0.249 e. The third-order valence-electron chi connectivity index (χ3n) is 2.41. The first-order valence-electron chi connectivity index (χ1n) is 5.82. The van der Waals surface area contributed by atoms with Crippen LogP contribution in [0.4, 0.5) is 0 Å². The van der Waals surface area contributed by atoms with Crippen LogP contribution in [0.1, 0.15) is 29.3 Å². The maximum Gasteiger partial charge on any atom is 0.249 e. The topological polar surface area (TPSA) is 69.4 Å². The molecular weight excluding hydrogens is 262 g/mol. The molecule has 19 heavy (non-hydrogen) atoms. The highest BCUT2D eigenvalue weighted by atomic mass is 32.2. The molecule has 0 spiro atoms. The molecule has 4 nitrogen and oxygen atoms in total. The Balaban J connectivity index is 2.74. The summed E-state index contributed by atoms with van der Waals surface area (Å²) in [5.41, 5.74) is 6.51. The van der Waals surface area contributed by atoms with E-state index in [1.807, 2.05) is 12.2 Å². The molecule has 0 aliphatic carbocycles. The molecule has 0 heterocycles. The summed E-state index contributed by atoms with van der Waals surface area (Å²) in [5.74, 6) is 0.836. The largest absolute Gasteiger partial charge is 0.497 e. The van der Waals surface area contributed by atoms with Crippen molar-refractivity contribution in [2.45, 2.75) is 13.3 Å². The normalized spacial score (nSPS) is 10.6. The lowest BCUT2D eigenvalue weighted by Gasteiger charge is -2.05. The zero-order chi connectivity index (χ0) is 14.3. The SMILES string of the molecule is COc1ccc(C=CCCSC(C)=O)c(C(N)=O)c1. The number of amides is 1. The van der Waals surface area contributed by atoms with E-state index in [0.717, 1.165) is 17.7 Å². The van der Waals surface area contributed by atoms with Crippen LogP contribution in [0.15, 0.2) is 24.3 Å². The number of rotatable bonds is 6. The Bertz CT molecular complexity index is 497. The first-order chi connectivity index (χ1) is 9.04. The lowest BCUT2D eigenvalue weighted by molar-refractivity contribution is -0.109. The Morgan fingerprint density at radius 1 is 1.42 bits per heavy atom. The third-order valence-corrected chi connectivity index (χ3v) is 3.26. The van der Waals surface area contributed by atoms with Gasteiger partial charge < -0.3 is 10.5 Å². The van der Waals surface area contributed by atoms with Crippen molar-refractivity contribution in [3.05, 3.63) is 35.4 Å². The number of benzene rings is 1. The fraction of sp³-hybridized carbons (Fsp3) is 0.286. The second-order valence-corrected chi connectivity index (χ2v) is 5.12. The third kappa shape index (κ3) is 5.18. The molecule has 0 aliphatic heterocycles. The summed E-state index contributed by atoms with van der Waals surface area (Å²) in [6.07, 6.45) is 4.51. The Morgan fingerprint density at radius 2 is 2.16 bits per heavy atom. The summed E-state index contributed by atoms with van der Waals surface area (Å²) < 4.78 is 5.06. The number of allylic oxidation sites excluding steroid dienone is 1. The van der Waals surface area contributed by atoms with E-state index in [9.17, 15) is 9.59 Å². The summed E-state index contributed by atoms with van der Waals surface area (Å²) in [5, 5.41) is 0.107. The predicted octanol–water partition coefficient (Wildman–Crippen LogP) is 2.48. The highest BCUT2D eigenvalue weighted by molar-refractivity contribution is 8.13. The van der Waals surface area contributed by atoms with Gasteiger partial charge in [0.1, 0.15) is 5.75 Å². The standard InChI is InChI=1S/C14H17NO3S/c1-10(16)19-8-4-3-5-11-6-7-12(18-2)9-13(11)14(15)17/h3,5-7,9H,4,8H2,1-2H3,(H2,15,17). The quantitative estimate of drug-likeness (QED) is 0.812. The van der Waals surface area contributed by atoms with Crippen LogP contribution in [0.3, 0.4) is 0 Å². The number of thioether (sulfide) groups is 1. The fourth-order valence-electron chi connectivity index (χ4n) is 1.50. The summed E-state index contributed by atoms with van der Waals surface area (Å²) in [7, 11) is 1.54. The molecule has 0 saturated heterocycles. The monoisotopic (exact) mass is 279 g/mol. The van der Waals surface area contributed by atoms with Gasteiger partial charge >= 0.3 is 0 Å². The number of nitrogens with two attached hydrogens (primary N) is 1. The number of methoxy groups -OCH3 is 1. The van der Waals surface area contributed by atoms with Gasteiger partial charge in [0.2, 0.25) is 5.91 Å². The first kappa shape index (κ1) is 15.3. The first-order valence-corrected chi connectivity index (χ1v) is 6.81. The number of ether oxygens (including phenoxy) is 1. The molecule has 0 atom stereocenters. The average molecular weight is 279 g/mol. The van der Waals surface area contributed by atoms with Crippen LogP contribution in [0.2, 0.25) is 0 Å². The van der Waals surface area contributed by atoms with E-state index in [-0.39, 0.29) is 5.12 Å². The lowest BCUT2D eigenvalue weighted by atomic mass is 10.1. The minimum Gasteiger partial charge on any atom is -0.497 e. The molecule has 1 rings (SSSR count). The van der Waals surface area contributed by atoms with Crippen LogP contribution in [0, 0.1) is 0 Å². The van der Waals surface area contributed by atoms with E-state index in [4.69, 9.17) is 10.5 Å². The van der Waals surface area contributed by atoms with Crippen molar-refractivity contribution >= 4 is 28.9 Å². The van der Waals surface area contributed by atoms with Gasteiger partial charge in [-0.05, 0) is 24.1 Å². The van der Waals surface area contributed by atoms with E-state index < -0.39 is 5.91 Å². The van der Waals surface area contributed by atoms with E-state index in [1.165, 1.54) is 18.9 Å². The molecule has 1 aromatic carbocycles. The van der Waals surface area contributed by atoms with Gasteiger partial charge in [-0.1, -0.05) is 30.0 Å². The minimum atomic E-state index is -0.489. The number of carbonyl (C=O) groups excluding carboxylic acids is 2. The van der Waals surface area contributed by atoms with Crippen LogP contribution < -0.4 is 10.5 Å². The van der Waals surface area contributed by atoms with Crippen LogP contribution in [0.25, 0.3) is 6.08 Å². The highest BCUT2D eigenvalue weighted by Gasteiger charge is 2.07. The van der Waals surface area contributed by atoms with Crippen LogP contribution in [-0.4, -0.2) is 23.9 Å².